The van der Waals surface area contributed by atoms with Crippen LogP contribution >= 0.6 is 0 Å². The zero-order valence-corrected chi connectivity index (χ0v) is 11.9. The van der Waals surface area contributed by atoms with Crippen LogP contribution in [0.5, 0.6) is 0 Å². The fourth-order valence-corrected chi connectivity index (χ4v) is 1.70. The van der Waals surface area contributed by atoms with E-state index >= 15 is 0 Å². The van der Waals surface area contributed by atoms with E-state index in [0.29, 0.717) is 12.2 Å². The van der Waals surface area contributed by atoms with E-state index in [2.05, 4.69) is 10.6 Å². The second-order valence-corrected chi connectivity index (χ2v) is 4.59. The monoisotopic (exact) mass is 292 g/mol. The Labute approximate surface area is 123 Å². The summed E-state index contributed by atoms with van der Waals surface area (Å²) in [5.74, 6) is -1.17. The van der Waals surface area contributed by atoms with E-state index in [4.69, 9.17) is 11.5 Å². The molecule has 7 heteroatoms. The average molecular weight is 292 g/mol. The van der Waals surface area contributed by atoms with Crippen LogP contribution in [-0.2, 0) is 20.8 Å². The molecule has 0 saturated heterocycles. The van der Waals surface area contributed by atoms with Crippen molar-refractivity contribution in [2.45, 2.75) is 25.8 Å². The number of carbonyl (C=O) groups is 3. The molecule has 1 rings (SSSR count). The highest BCUT2D eigenvalue weighted by Crippen LogP contribution is 2.10. The minimum Gasteiger partial charge on any atom is -0.370 e. The molecule has 0 aliphatic rings. The van der Waals surface area contributed by atoms with E-state index in [1.807, 2.05) is 6.92 Å². The smallest absolute Gasteiger partial charge is 0.241 e. The lowest BCUT2D eigenvalue weighted by Crippen LogP contribution is -2.38. The van der Waals surface area contributed by atoms with Crippen molar-refractivity contribution < 1.29 is 14.4 Å². The van der Waals surface area contributed by atoms with Crippen molar-refractivity contribution in [3.05, 3.63) is 29.8 Å². The SMILES string of the molecule is CCNC(=O)Cc1ccc(NC(=O)C(N)CC(N)=O)cc1. The van der Waals surface area contributed by atoms with Gasteiger partial charge in [0.2, 0.25) is 17.7 Å². The molecule has 114 valence electrons. The Hall–Kier alpha value is -2.41. The van der Waals surface area contributed by atoms with Gasteiger partial charge in [0.1, 0.15) is 0 Å². The lowest BCUT2D eigenvalue weighted by atomic mass is 10.1. The highest BCUT2D eigenvalue weighted by Gasteiger charge is 2.15. The fraction of sp³-hybridized carbons (Fsp3) is 0.357. The number of nitrogens with two attached hydrogens (primary N) is 2. The molecule has 0 heterocycles. The van der Waals surface area contributed by atoms with Gasteiger partial charge in [0.25, 0.3) is 0 Å². The molecule has 0 saturated carbocycles. The quantitative estimate of drug-likeness (QED) is 0.540. The summed E-state index contributed by atoms with van der Waals surface area (Å²) in [5.41, 5.74) is 11.9. The van der Waals surface area contributed by atoms with Crippen LogP contribution in [0.4, 0.5) is 5.69 Å². The molecule has 0 aliphatic carbocycles. The maximum Gasteiger partial charge on any atom is 0.241 e. The van der Waals surface area contributed by atoms with Crippen LogP contribution in [0, 0.1) is 0 Å². The van der Waals surface area contributed by atoms with Gasteiger partial charge in [-0.2, -0.15) is 0 Å². The number of carbonyl (C=O) groups excluding carboxylic acids is 3. The first-order chi connectivity index (χ1) is 9.92. The zero-order chi connectivity index (χ0) is 15.8. The molecule has 21 heavy (non-hydrogen) atoms. The second kappa shape index (κ2) is 8.01. The van der Waals surface area contributed by atoms with Crippen LogP contribution in [0.15, 0.2) is 24.3 Å². The van der Waals surface area contributed by atoms with Gasteiger partial charge in [-0.15, -0.1) is 0 Å². The molecule has 3 amide bonds. The van der Waals surface area contributed by atoms with Crippen molar-refractivity contribution in [1.82, 2.24) is 5.32 Å². The molecule has 0 aliphatic heterocycles. The van der Waals surface area contributed by atoms with Crippen molar-refractivity contribution in [3.63, 3.8) is 0 Å². The van der Waals surface area contributed by atoms with Gasteiger partial charge >= 0.3 is 0 Å². The largest absolute Gasteiger partial charge is 0.370 e. The van der Waals surface area contributed by atoms with Crippen molar-refractivity contribution in [1.29, 1.82) is 0 Å². The Kier molecular flexibility index (Phi) is 6.35. The first-order valence-corrected chi connectivity index (χ1v) is 6.62. The van der Waals surface area contributed by atoms with E-state index < -0.39 is 17.9 Å². The molecule has 0 spiro atoms. The molecule has 0 aromatic heterocycles. The predicted octanol–water partition coefficient (Wildman–Crippen LogP) is -0.494. The van der Waals surface area contributed by atoms with Gasteiger partial charge in [-0.25, -0.2) is 0 Å². The minimum atomic E-state index is -0.975. The summed E-state index contributed by atoms with van der Waals surface area (Å²) in [5, 5.41) is 5.29. The molecule has 1 unspecified atom stereocenters. The van der Waals surface area contributed by atoms with Crippen LogP contribution in [-0.4, -0.2) is 30.3 Å². The number of likely N-dealkylation sites (N-methyl/N-ethyl adjacent to an activating group) is 1. The van der Waals surface area contributed by atoms with E-state index in [1.165, 1.54) is 0 Å². The Morgan fingerprint density at radius 1 is 1.19 bits per heavy atom. The number of hydrogen-bond acceptors (Lipinski definition) is 4. The maximum atomic E-state index is 11.7. The first-order valence-electron chi connectivity index (χ1n) is 6.62. The van der Waals surface area contributed by atoms with Gasteiger partial charge in [-0.1, -0.05) is 12.1 Å². The van der Waals surface area contributed by atoms with E-state index in [0.717, 1.165) is 5.56 Å². The van der Waals surface area contributed by atoms with Gasteiger partial charge in [0.15, 0.2) is 0 Å². The Morgan fingerprint density at radius 2 is 1.81 bits per heavy atom. The van der Waals surface area contributed by atoms with Gasteiger partial charge in [-0.05, 0) is 24.6 Å². The summed E-state index contributed by atoms with van der Waals surface area (Å²) < 4.78 is 0. The fourth-order valence-electron chi connectivity index (χ4n) is 1.70. The molecule has 7 nitrogen and oxygen atoms in total. The van der Waals surface area contributed by atoms with E-state index in [-0.39, 0.29) is 18.7 Å². The summed E-state index contributed by atoms with van der Waals surface area (Å²) in [6, 6.07) is 5.85. The predicted molar refractivity (Wildman–Crippen MR) is 79.2 cm³/mol. The maximum absolute atomic E-state index is 11.7. The molecule has 1 atom stereocenters. The first kappa shape index (κ1) is 16.6. The van der Waals surface area contributed by atoms with Crippen LogP contribution in [0.2, 0.25) is 0 Å². The summed E-state index contributed by atoms with van der Waals surface area (Å²) in [6.07, 6.45) is 0.0738. The molecule has 1 aromatic rings. The highest BCUT2D eigenvalue weighted by atomic mass is 16.2. The van der Waals surface area contributed by atoms with Crippen molar-refractivity contribution in [3.8, 4) is 0 Å². The zero-order valence-electron chi connectivity index (χ0n) is 11.9. The van der Waals surface area contributed by atoms with Crippen molar-refractivity contribution in [2.75, 3.05) is 11.9 Å². The number of amides is 3. The Balaban J connectivity index is 2.56. The molecule has 6 N–H and O–H groups in total. The second-order valence-electron chi connectivity index (χ2n) is 4.59. The third-order valence-corrected chi connectivity index (χ3v) is 2.72. The minimum absolute atomic E-state index is 0.0576. The Morgan fingerprint density at radius 3 is 2.33 bits per heavy atom. The lowest BCUT2D eigenvalue weighted by Gasteiger charge is -2.11. The van der Waals surface area contributed by atoms with Crippen LogP contribution < -0.4 is 22.1 Å². The molecular weight excluding hydrogens is 272 g/mol. The normalized spacial score (nSPS) is 11.5. The van der Waals surface area contributed by atoms with Gasteiger partial charge in [0.05, 0.1) is 18.9 Å². The number of rotatable bonds is 7. The van der Waals surface area contributed by atoms with E-state index in [9.17, 15) is 14.4 Å². The van der Waals surface area contributed by atoms with Crippen LogP contribution in [0.1, 0.15) is 18.9 Å². The highest BCUT2D eigenvalue weighted by molar-refractivity contribution is 5.97. The topological polar surface area (TPSA) is 127 Å². The van der Waals surface area contributed by atoms with Crippen molar-refractivity contribution >= 4 is 23.4 Å². The summed E-state index contributed by atoms with van der Waals surface area (Å²) in [4.78, 5) is 33.8. The van der Waals surface area contributed by atoms with Crippen LogP contribution in [0.3, 0.4) is 0 Å². The molecule has 0 bridgehead atoms. The summed E-state index contributed by atoms with van der Waals surface area (Å²) in [6.45, 7) is 2.44. The number of anilines is 1. The molecule has 0 fully saturated rings. The Bertz CT molecular complexity index is 513. The van der Waals surface area contributed by atoms with Gasteiger partial charge < -0.3 is 22.1 Å². The number of benzene rings is 1. The van der Waals surface area contributed by atoms with E-state index in [1.54, 1.807) is 24.3 Å². The van der Waals surface area contributed by atoms with Crippen molar-refractivity contribution in [2.24, 2.45) is 11.5 Å². The number of primary amides is 1. The van der Waals surface area contributed by atoms with Gasteiger partial charge in [0, 0.05) is 12.2 Å². The summed E-state index contributed by atoms with van der Waals surface area (Å²) >= 11 is 0. The average Bonchev–Trinajstić information content (AvgIpc) is 2.40. The summed E-state index contributed by atoms with van der Waals surface area (Å²) in [7, 11) is 0. The third kappa shape index (κ3) is 6.05. The number of hydrogen-bond donors (Lipinski definition) is 4. The van der Waals surface area contributed by atoms with Gasteiger partial charge in [-0.3, -0.25) is 14.4 Å². The number of nitrogens with one attached hydrogen (secondary N) is 2. The molecule has 1 aromatic carbocycles. The third-order valence-electron chi connectivity index (χ3n) is 2.72. The van der Waals surface area contributed by atoms with Crippen LogP contribution in [0.25, 0.3) is 0 Å². The standard InChI is InChI=1S/C14H20N4O3/c1-2-17-13(20)7-9-3-5-10(6-4-9)18-14(21)11(15)8-12(16)19/h3-6,11H,2,7-8,15H2,1H3,(H2,16,19)(H,17,20)(H,18,21). The molecular formula is C14H20N4O3. The molecule has 0 radical (unpaired) electrons. The lowest BCUT2D eigenvalue weighted by molar-refractivity contribution is -0.123.